The van der Waals surface area contributed by atoms with E-state index in [-0.39, 0.29) is 11.4 Å². The standard InChI is InChI=1S/C22H22FN5O2S/c1-15-14-20(25-18-6-4-17(23)5-7-18)26-22(24-15)27-10-12-28(13-11-27)31-19-8-2-16(3-9-19)21(29)30/h2-9,14H,10-13H2,1H3,(H,29,30)(H,24,25,26). The Morgan fingerprint density at radius 2 is 1.71 bits per heavy atom. The molecule has 9 heteroatoms. The predicted octanol–water partition coefficient (Wildman–Crippen LogP) is 4.20. The van der Waals surface area contributed by atoms with Crippen LogP contribution in [-0.4, -0.2) is 51.5 Å². The van der Waals surface area contributed by atoms with Crippen molar-refractivity contribution in [1.82, 2.24) is 14.3 Å². The normalized spacial score (nSPS) is 14.5. The number of aromatic nitrogens is 2. The quantitative estimate of drug-likeness (QED) is 0.553. The molecule has 1 aromatic heterocycles. The van der Waals surface area contributed by atoms with E-state index in [2.05, 4.69) is 24.5 Å². The molecular formula is C22H22FN5O2S. The molecule has 1 saturated heterocycles. The van der Waals surface area contributed by atoms with Crippen molar-refractivity contribution >= 4 is 35.4 Å². The van der Waals surface area contributed by atoms with Crippen LogP contribution in [0.25, 0.3) is 0 Å². The number of nitrogens with zero attached hydrogens (tertiary/aromatic N) is 4. The van der Waals surface area contributed by atoms with E-state index in [1.54, 1.807) is 36.2 Å². The van der Waals surface area contributed by atoms with E-state index in [0.717, 1.165) is 42.5 Å². The van der Waals surface area contributed by atoms with Gasteiger partial charge in [-0.15, -0.1) is 0 Å². The molecule has 3 aromatic rings. The zero-order valence-electron chi connectivity index (χ0n) is 17.0. The minimum atomic E-state index is -0.920. The average molecular weight is 440 g/mol. The van der Waals surface area contributed by atoms with Crippen molar-refractivity contribution in [1.29, 1.82) is 0 Å². The van der Waals surface area contributed by atoms with Crippen LogP contribution in [0.4, 0.5) is 21.8 Å². The molecule has 1 aliphatic heterocycles. The van der Waals surface area contributed by atoms with Crippen molar-refractivity contribution in [3.05, 3.63) is 71.7 Å². The summed E-state index contributed by atoms with van der Waals surface area (Å²) in [7, 11) is 0. The summed E-state index contributed by atoms with van der Waals surface area (Å²) in [6, 6.07) is 14.9. The highest BCUT2D eigenvalue weighted by Gasteiger charge is 2.20. The van der Waals surface area contributed by atoms with Gasteiger partial charge in [0.2, 0.25) is 5.95 Å². The molecule has 7 nitrogen and oxygen atoms in total. The highest BCUT2D eigenvalue weighted by atomic mass is 32.2. The first-order chi connectivity index (χ1) is 15.0. The Hall–Kier alpha value is -3.17. The molecule has 2 N–H and O–H groups in total. The monoisotopic (exact) mass is 439 g/mol. The van der Waals surface area contributed by atoms with Gasteiger partial charge in [0, 0.05) is 48.5 Å². The zero-order valence-corrected chi connectivity index (χ0v) is 17.8. The van der Waals surface area contributed by atoms with Crippen LogP contribution in [0, 0.1) is 12.7 Å². The zero-order chi connectivity index (χ0) is 21.8. The van der Waals surface area contributed by atoms with Gasteiger partial charge in [0.05, 0.1) is 5.56 Å². The van der Waals surface area contributed by atoms with Crippen LogP contribution < -0.4 is 10.2 Å². The van der Waals surface area contributed by atoms with Crippen LogP contribution in [-0.2, 0) is 0 Å². The molecule has 160 valence electrons. The van der Waals surface area contributed by atoms with Crippen LogP contribution in [0.15, 0.2) is 59.5 Å². The van der Waals surface area contributed by atoms with Gasteiger partial charge in [-0.05, 0) is 67.4 Å². The Morgan fingerprint density at radius 3 is 2.35 bits per heavy atom. The Kier molecular flexibility index (Phi) is 6.34. The number of anilines is 3. The SMILES string of the molecule is Cc1cc(Nc2ccc(F)cc2)nc(N2CCN(Sc3ccc(C(=O)O)cc3)CC2)n1. The largest absolute Gasteiger partial charge is 0.478 e. The van der Waals surface area contributed by atoms with Crippen molar-refractivity contribution in [3.8, 4) is 0 Å². The minimum absolute atomic E-state index is 0.279. The lowest BCUT2D eigenvalue weighted by molar-refractivity contribution is 0.0697. The predicted molar refractivity (Wildman–Crippen MR) is 119 cm³/mol. The molecule has 0 amide bonds. The maximum absolute atomic E-state index is 13.1. The molecule has 0 aliphatic carbocycles. The van der Waals surface area contributed by atoms with Crippen molar-refractivity contribution < 1.29 is 14.3 Å². The number of nitrogens with one attached hydrogen (secondary N) is 1. The van der Waals surface area contributed by atoms with E-state index in [1.807, 2.05) is 25.1 Å². The molecule has 1 aliphatic rings. The molecule has 0 saturated carbocycles. The number of aryl methyl sites for hydroxylation is 1. The third-order valence-electron chi connectivity index (χ3n) is 4.82. The van der Waals surface area contributed by atoms with Gasteiger partial charge in [-0.2, -0.15) is 4.98 Å². The third-order valence-corrected chi connectivity index (χ3v) is 5.92. The summed E-state index contributed by atoms with van der Waals surface area (Å²) in [4.78, 5) is 23.4. The van der Waals surface area contributed by atoms with Crippen LogP contribution in [0.1, 0.15) is 16.1 Å². The number of rotatable bonds is 6. The Bertz CT molecular complexity index is 1050. The number of carbonyl (C=O) groups is 1. The van der Waals surface area contributed by atoms with E-state index in [0.29, 0.717) is 11.8 Å². The number of hydrogen-bond acceptors (Lipinski definition) is 7. The van der Waals surface area contributed by atoms with E-state index in [9.17, 15) is 9.18 Å². The second-order valence-electron chi connectivity index (χ2n) is 7.16. The first-order valence-electron chi connectivity index (χ1n) is 9.86. The summed E-state index contributed by atoms with van der Waals surface area (Å²) < 4.78 is 15.4. The summed E-state index contributed by atoms with van der Waals surface area (Å²) in [6.07, 6.45) is 0. The Balaban J connectivity index is 1.37. The summed E-state index contributed by atoms with van der Waals surface area (Å²) in [5, 5.41) is 12.2. The lowest BCUT2D eigenvalue weighted by Crippen LogP contribution is -2.44. The number of benzene rings is 2. The van der Waals surface area contributed by atoms with Crippen molar-refractivity contribution in [3.63, 3.8) is 0 Å². The van der Waals surface area contributed by atoms with Gasteiger partial charge < -0.3 is 15.3 Å². The highest BCUT2D eigenvalue weighted by molar-refractivity contribution is 7.97. The van der Waals surface area contributed by atoms with E-state index < -0.39 is 5.97 Å². The number of carboxylic acid groups (broad SMARTS) is 1. The molecule has 0 atom stereocenters. The second-order valence-corrected chi connectivity index (χ2v) is 8.33. The summed E-state index contributed by atoms with van der Waals surface area (Å²) in [6.45, 7) is 5.12. The van der Waals surface area contributed by atoms with Gasteiger partial charge in [-0.25, -0.2) is 18.5 Å². The first-order valence-corrected chi connectivity index (χ1v) is 10.6. The molecule has 2 heterocycles. The van der Waals surface area contributed by atoms with Gasteiger partial charge in [0.15, 0.2) is 0 Å². The maximum Gasteiger partial charge on any atom is 0.335 e. The third kappa shape index (κ3) is 5.50. The fourth-order valence-corrected chi connectivity index (χ4v) is 4.13. The Morgan fingerprint density at radius 1 is 1.03 bits per heavy atom. The molecule has 0 unspecified atom stereocenters. The highest BCUT2D eigenvalue weighted by Crippen LogP contribution is 2.26. The molecule has 1 fully saturated rings. The van der Waals surface area contributed by atoms with Crippen LogP contribution >= 0.6 is 11.9 Å². The van der Waals surface area contributed by atoms with Gasteiger partial charge >= 0.3 is 5.97 Å². The lowest BCUT2D eigenvalue weighted by atomic mass is 10.2. The van der Waals surface area contributed by atoms with E-state index in [1.165, 1.54) is 12.1 Å². The number of piperazine rings is 1. The first kappa shape index (κ1) is 21.1. The summed E-state index contributed by atoms with van der Waals surface area (Å²) in [5.41, 5.74) is 1.90. The molecule has 0 bridgehead atoms. The summed E-state index contributed by atoms with van der Waals surface area (Å²) >= 11 is 1.62. The van der Waals surface area contributed by atoms with Crippen LogP contribution in [0.5, 0.6) is 0 Å². The fraction of sp³-hybridized carbons (Fsp3) is 0.227. The fourth-order valence-electron chi connectivity index (χ4n) is 3.23. The number of carboxylic acids is 1. The van der Waals surface area contributed by atoms with Gasteiger partial charge in [-0.3, -0.25) is 0 Å². The number of aromatic carboxylic acids is 1. The average Bonchev–Trinajstić information content (AvgIpc) is 2.76. The van der Waals surface area contributed by atoms with Crippen LogP contribution in [0.3, 0.4) is 0 Å². The van der Waals surface area contributed by atoms with Gasteiger partial charge in [-0.1, -0.05) is 0 Å². The van der Waals surface area contributed by atoms with Crippen LogP contribution in [0.2, 0.25) is 0 Å². The maximum atomic E-state index is 13.1. The van der Waals surface area contributed by atoms with Gasteiger partial charge in [0.25, 0.3) is 0 Å². The van der Waals surface area contributed by atoms with Crippen molar-refractivity contribution in [2.45, 2.75) is 11.8 Å². The van der Waals surface area contributed by atoms with E-state index >= 15 is 0 Å². The van der Waals surface area contributed by atoms with Crippen molar-refractivity contribution in [2.24, 2.45) is 0 Å². The smallest absolute Gasteiger partial charge is 0.335 e. The number of halogens is 1. The number of hydrogen-bond donors (Lipinski definition) is 2. The lowest BCUT2D eigenvalue weighted by Gasteiger charge is -2.34. The molecule has 4 rings (SSSR count). The molecule has 0 radical (unpaired) electrons. The molecule has 31 heavy (non-hydrogen) atoms. The topological polar surface area (TPSA) is 81.6 Å². The summed E-state index contributed by atoms with van der Waals surface area (Å²) in [5.74, 6) is 0.139. The van der Waals surface area contributed by atoms with Crippen molar-refractivity contribution in [2.75, 3.05) is 36.4 Å². The second kappa shape index (κ2) is 9.32. The molecule has 2 aromatic carbocycles. The Labute approximate surface area is 184 Å². The van der Waals surface area contributed by atoms with E-state index in [4.69, 9.17) is 5.11 Å². The van der Waals surface area contributed by atoms with Gasteiger partial charge in [0.1, 0.15) is 11.6 Å². The minimum Gasteiger partial charge on any atom is -0.478 e. The molecular weight excluding hydrogens is 417 g/mol. The molecule has 0 spiro atoms.